The van der Waals surface area contributed by atoms with E-state index in [1.54, 1.807) is 0 Å². The van der Waals surface area contributed by atoms with E-state index in [0.717, 1.165) is 31.4 Å². The van der Waals surface area contributed by atoms with E-state index in [2.05, 4.69) is 45.3 Å². The molecule has 0 atom stereocenters. The van der Waals surface area contributed by atoms with Gasteiger partial charge in [-0.1, -0.05) is 27.7 Å². The molecule has 0 aliphatic heterocycles. The predicted molar refractivity (Wildman–Crippen MR) is 76.7 cm³/mol. The Morgan fingerprint density at radius 1 is 1.24 bits per heavy atom. The van der Waals surface area contributed by atoms with E-state index in [1.165, 1.54) is 0 Å². The third-order valence-electron chi connectivity index (χ3n) is 2.63. The molecule has 2 nitrogen and oxygen atoms in total. The van der Waals surface area contributed by atoms with Crippen LogP contribution in [0.25, 0.3) is 0 Å². The highest BCUT2D eigenvalue weighted by Crippen LogP contribution is 2.26. The highest BCUT2D eigenvalue weighted by Gasteiger charge is 2.17. The molecule has 0 aliphatic rings. The second-order valence-corrected chi connectivity index (χ2v) is 7.36. The van der Waals surface area contributed by atoms with Gasteiger partial charge in [-0.05, 0) is 49.2 Å². The second kappa shape index (κ2) is 8.39. The fraction of sp³-hybridized carbons (Fsp3) is 0.857. The van der Waals surface area contributed by atoms with Crippen molar-refractivity contribution in [3.8, 4) is 0 Å². The molecule has 102 valence electrons. The normalized spacial score (nSPS) is 13.1. The molecule has 0 saturated heterocycles. The molecule has 0 bridgehead atoms. The lowest BCUT2D eigenvalue weighted by molar-refractivity contribution is -0.260. The maximum atomic E-state index is 8.43. The maximum absolute atomic E-state index is 8.43. The molecular weight excluding hydrogens is 232 g/mol. The van der Waals surface area contributed by atoms with Crippen molar-refractivity contribution in [2.24, 2.45) is 10.8 Å². The molecular formula is C14H28O2S. The van der Waals surface area contributed by atoms with Gasteiger partial charge in [-0.3, -0.25) is 5.26 Å². The summed E-state index contributed by atoms with van der Waals surface area (Å²) in [6.45, 7) is 13.1. The minimum Gasteiger partial charge on any atom is -0.252 e. The van der Waals surface area contributed by atoms with Crippen molar-refractivity contribution in [2.75, 3.05) is 12.4 Å². The molecule has 0 aliphatic carbocycles. The zero-order valence-corrected chi connectivity index (χ0v) is 12.6. The Morgan fingerprint density at radius 2 is 1.88 bits per heavy atom. The Kier molecular flexibility index (Phi) is 8.52. The molecule has 1 N–H and O–H groups in total. The van der Waals surface area contributed by atoms with Crippen molar-refractivity contribution < 1.29 is 10.1 Å². The summed E-state index contributed by atoms with van der Waals surface area (Å²) in [4.78, 5) is 4.22. The van der Waals surface area contributed by atoms with Gasteiger partial charge < -0.3 is 0 Å². The van der Waals surface area contributed by atoms with E-state index >= 15 is 0 Å². The first-order valence-electron chi connectivity index (χ1n) is 6.32. The van der Waals surface area contributed by atoms with Gasteiger partial charge in [0.15, 0.2) is 0 Å². The van der Waals surface area contributed by atoms with Gasteiger partial charge in [0.05, 0.1) is 6.61 Å². The number of rotatable bonds is 10. The number of hydrogen-bond acceptors (Lipinski definition) is 3. The summed E-state index contributed by atoms with van der Waals surface area (Å²) in [5, 5.41) is 8.43. The zero-order chi connectivity index (χ0) is 13.4. The third kappa shape index (κ3) is 12.5. The Bertz CT molecular complexity index is 185. The zero-order valence-electron chi connectivity index (χ0n) is 11.8. The van der Waals surface area contributed by atoms with Crippen LogP contribution in [0.5, 0.6) is 0 Å². The quantitative estimate of drug-likeness (QED) is 0.347. The molecule has 0 fully saturated rings. The molecule has 0 saturated carbocycles. The van der Waals surface area contributed by atoms with Crippen molar-refractivity contribution in [3.05, 3.63) is 12.7 Å². The third-order valence-corrected chi connectivity index (χ3v) is 3.62. The first-order valence-corrected chi connectivity index (χ1v) is 7.37. The van der Waals surface area contributed by atoms with Gasteiger partial charge >= 0.3 is 0 Å². The van der Waals surface area contributed by atoms with Crippen LogP contribution in [0.4, 0.5) is 0 Å². The first-order chi connectivity index (χ1) is 7.77. The summed E-state index contributed by atoms with van der Waals surface area (Å²) in [6, 6.07) is 0. The van der Waals surface area contributed by atoms with E-state index < -0.39 is 0 Å². The van der Waals surface area contributed by atoms with Crippen LogP contribution in [-0.4, -0.2) is 17.6 Å². The average molecular weight is 260 g/mol. The fourth-order valence-corrected chi connectivity index (χ4v) is 2.26. The minimum absolute atomic E-state index is 0.0740. The largest absolute Gasteiger partial charge is 0.252 e. The van der Waals surface area contributed by atoms with Crippen LogP contribution in [0.2, 0.25) is 0 Å². The topological polar surface area (TPSA) is 29.5 Å². The van der Waals surface area contributed by atoms with Crippen molar-refractivity contribution >= 4 is 11.8 Å². The predicted octanol–water partition coefficient (Wildman–Crippen LogP) is 4.82. The van der Waals surface area contributed by atoms with Crippen LogP contribution in [0.1, 0.15) is 53.4 Å². The first kappa shape index (κ1) is 17.3. The van der Waals surface area contributed by atoms with Crippen molar-refractivity contribution in [2.45, 2.75) is 53.4 Å². The smallest absolute Gasteiger partial charge is 0.0870 e. The second-order valence-electron chi connectivity index (χ2n) is 6.28. The van der Waals surface area contributed by atoms with Gasteiger partial charge in [-0.25, -0.2) is 4.89 Å². The van der Waals surface area contributed by atoms with Crippen LogP contribution in [0.15, 0.2) is 0 Å². The minimum atomic E-state index is 0.0740. The molecule has 0 spiro atoms. The molecule has 0 aromatic rings. The molecule has 0 aromatic carbocycles. The van der Waals surface area contributed by atoms with Gasteiger partial charge in [-0.15, -0.1) is 0 Å². The Balaban J connectivity index is 3.35. The molecule has 0 aromatic heterocycles. The summed E-state index contributed by atoms with van der Waals surface area (Å²) in [6.07, 6.45) is 4.51. The SMILES string of the molecule is [CH2]C(C)(C)CC[CH]SCCCC(C)(C)COO. The lowest BCUT2D eigenvalue weighted by Gasteiger charge is -2.22. The van der Waals surface area contributed by atoms with E-state index in [9.17, 15) is 0 Å². The van der Waals surface area contributed by atoms with Gasteiger partial charge in [0, 0.05) is 5.75 Å². The molecule has 2 radical (unpaired) electrons. The van der Waals surface area contributed by atoms with Gasteiger partial charge in [0.2, 0.25) is 0 Å². The number of hydrogen-bond donors (Lipinski definition) is 1. The van der Waals surface area contributed by atoms with E-state index in [0.29, 0.717) is 6.61 Å². The summed E-state index contributed by atoms with van der Waals surface area (Å²) >= 11 is 1.90. The van der Waals surface area contributed by atoms with Crippen molar-refractivity contribution in [1.29, 1.82) is 0 Å². The van der Waals surface area contributed by atoms with Crippen LogP contribution >= 0.6 is 11.8 Å². The maximum Gasteiger partial charge on any atom is 0.0870 e. The molecule has 3 heteroatoms. The fourth-order valence-electron chi connectivity index (χ4n) is 1.50. The Hall–Kier alpha value is 0.270. The molecule has 0 unspecified atom stereocenters. The van der Waals surface area contributed by atoms with Crippen LogP contribution in [0, 0.1) is 23.5 Å². The lowest BCUT2D eigenvalue weighted by atomic mass is 9.89. The molecule has 0 rings (SSSR count). The van der Waals surface area contributed by atoms with Crippen molar-refractivity contribution in [1.82, 2.24) is 0 Å². The Labute approximate surface area is 111 Å². The molecule has 0 heterocycles. The van der Waals surface area contributed by atoms with E-state index in [1.807, 2.05) is 11.8 Å². The van der Waals surface area contributed by atoms with Crippen LogP contribution in [0.3, 0.4) is 0 Å². The summed E-state index contributed by atoms with van der Waals surface area (Å²) in [5.41, 5.74) is 0.266. The average Bonchev–Trinajstić information content (AvgIpc) is 2.14. The summed E-state index contributed by atoms with van der Waals surface area (Å²) in [7, 11) is 0. The van der Waals surface area contributed by atoms with E-state index in [-0.39, 0.29) is 10.8 Å². The summed E-state index contributed by atoms with van der Waals surface area (Å²) < 4.78 is 0. The summed E-state index contributed by atoms with van der Waals surface area (Å²) in [5.74, 6) is 3.44. The molecule has 0 amide bonds. The monoisotopic (exact) mass is 260 g/mol. The van der Waals surface area contributed by atoms with Crippen LogP contribution < -0.4 is 0 Å². The van der Waals surface area contributed by atoms with Gasteiger partial charge in [0.1, 0.15) is 0 Å². The van der Waals surface area contributed by atoms with Gasteiger partial charge in [0.25, 0.3) is 0 Å². The van der Waals surface area contributed by atoms with Crippen molar-refractivity contribution in [3.63, 3.8) is 0 Å². The standard InChI is InChI=1S/C14H28O2S/c1-13(2,3)8-6-10-17-11-7-9-14(4,5)12-16-15/h10,15H,1,6-9,11-12H2,2-5H3. The lowest BCUT2D eigenvalue weighted by Crippen LogP contribution is -2.18. The number of thioether (sulfide) groups is 1. The van der Waals surface area contributed by atoms with E-state index in [4.69, 9.17) is 5.26 Å². The van der Waals surface area contributed by atoms with Crippen LogP contribution in [-0.2, 0) is 4.89 Å². The highest BCUT2D eigenvalue weighted by molar-refractivity contribution is 8.01. The highest BCUT2D eigenvalue weighted by atomic mass is 32.2. The Morgan fingerprint density at radius 3 is 2.41 bits per heavy atom. The molecule has 17 heavy (non-hydrogen) atoms. The van der Waals surface area contributed by atoms with Gasteiger partial charge in [-0.2, -0.15) is 11.8 Å².